The summed E-state index contributed by atoms with van der Waals surface area (Å²) in [6.45, 7) is 6.74. The van der Waals surface area contributed by atoms with Gasteiger partial charge in [-0.05, 0) is 38.9 Å². The zero-order valence-corrected chi connectivity index (χ0v) is 13.3. The Balaban J connectivity index is 2.20. The molecule has 5 nitrogen and oxygen atoms in total. The largest absolute Gasteiger partial charge is 0.330 e. The summed E-state index contributed by atoms with van der Waals surface area (Å²) in [6, 6.07) is 4.15. The predicted molar refractivity (Wildman–Crippen MR) is 87.8 cm³/mol. The topological polar surface area (TPSA) is 69.1 Å². The third kappa shape index (κ3) is 2.48. The monoisotopic (exact) mass is 295 g/mol. The summed E-state index contributed by atoms with van der Waals surface area (Å²) in [5.41, 5.74) is 12.7. The maximum Gasteiger partial charge on any atom is 0.159 e. The van der Waals surface area contributed by atoms with Crippen LogP contribution in [0.25, 0.3) is 16.9 Å². The van der Waals surface area contributed by atoms with Gasteiger partial charge in [0.2, 0.25) is 0 Å². The summed E-state index contributed by atoms with van der Waals surface area (Å²) in [7, 11) is 0. The molecule has 0 spiro atoms. The molecule has 3 heterocycles. The lowest BCUT2D eigenvalue weighted by Crippen LogP contribution is -2.04. The molecule has 0 aromatic carbocycles. The first kappa shape index (κ1) is 14.7. The van der Waals surface area contributed by atoms with Gasteiger partial charge < -0.3 is 5.73 Å². The molecule has 0 saturated heterocycles. The molecular formula is C17H21N5. The van der Waals surface area contributed by atoms with Crippen LogP contribution in [-0.4, -0.2) is 25.9 Å². The molecule has 0 aliphatic rings. The fourth-order valence-corrected chi connectivity index (χ4v) is 2.80. The summed E-state index contributed by atoms with van der Waals surface area (Å²) >= 11 is 0. The van der Waals surface area contributed by atoms with Crippen LogP contribution >= 0.6 is 0 Å². The minimum Gasteiger partial charge on any atom is -0.330 e. The highest BCUT2D eigenvalue weighted by atomic mass is 15.1. The van der Waals surface area contributed by atoms with Gasteiger partial charge >= 0.3 is 0 Å². The van der Waals surface area contributed by atoms with Gasteiger partial charge in [-0.2, -0.15) is 0 Å². The normalized spacial score (nSPS) is 11.3. The minimum absolute atomic E-state index is 0.617. The molecule has 114 valence electrons. The molecule has 0 atom stereocenters. The van der Waals surface area contributed by atoms with Crippen LogP contribution in [0.2, 0.25) is 0 Å². The molecule has 22 heavy (non-hydrogen) atoms. The van der Waals surface area contributed by atoms with E-state index in [-0.39, 0.29) is 0 Å². The third-order valence-electron chi connectivity index (χ3n) is 3.80. The molecule has 3 aromatic rings. The summed E-state index contributed by atoms with van der Waals surface area (Å²) in [5.74, 6) is 0. The number of hydrogen-bond acceptors (Lipinski definition) is 4. The van der Waals surface area contributed by atoms with Crippen LogP contribution in [0.5, 0.6) is 0 Å². The van der Waals surface area contributed by atoms with Crippen LogP contribution in [0, 0.1) is 13.8 Å². The highest BCUT2D eigenvalue weighted by Crippen LogP contribution is 2.26. The van der Waals surface area contributed by atoms with E-state index < -0.39 is 0 Å². The molecule has 2 N–H and O–H groups in total. The lowest BCUT2D eigenvalue weighted by Gasteiger charge is -2.07. The Morgan fingerprint density at radius 3 is 2.64 bits per heavy atom. The second kappa shape index (κ2) is 5.85. The van der Waals surface area contributed by atoms with E-state index in [0.717, 1.165) is 52.5 Å². The molecule has 0 aliphatic carbocycles. The number of nitrogens with two attached hydrogens (primary N) is 1. The molecule has 0 unspecified atom stereocenters. The standard InChI is InChI=1S/C17H21N5/c1-4-15-16(13-5-6-14(7-8-18)19-9-13)22-10-11(2)20-12(3)17(22)21-15/h5-6,9-10H,4,7-8,18H2,1-3H3. The minimum atomic E-state index is 0.617. The van der Waals surface area contributed by atoms with Crippen LogP contribution in [-0.2, 0) is 12.8 Å². The number of nitrogens with zero attached hydrogens (tertiary/aromatic N) is 4. The maximum absolute atomic E-state index is 5.59. The highest BCUT2D eigenvalue weighted by molar-refractivity contribution is 5.67. The van der Waals surface area contributed by atoms with Crippen molar-refractivity contribution in [2.24, 2.45) is 5.73 Å². The lowest BCUT2D eigenvalue weighted by atomic mass is 10.1. The Labute approximate surface area is 130 Å². The van der Waals surface area contributed by atoms with E-state index in [1.54, 1.807) is 0 Å². The number of aromatic nitrogens is 4. The number of aryl methyl sites for hydroxylation is 3. The third-order valence-corrected chi connectivity index (χ3v) is 3.80. The zero-order chi connectivity index (χ0) is 15.7. The van der Waals surface area contributed by atoms with E-state index in [1.807, 2.05) is 32.3 Å². The molecule has 3 aromatic heterocycles. The number of rotatable bonds is 4. The quantitative estimate of drug-likeness (QED) is 0.803. The van der Waals surface area contributed by atoms with Gasteiger partial charge in [0.1, 0.15) is 0 Å². The van der Waals surface area contributed by atoms with Crippen molar-refractivity contribution in [3.8, 4) is 11.3 Å². The van der Waals surface area contributed by atoms with Crippen molar-refractivity contribution in [1.29, 1.82) is 0 Å². The van der Waals surface area contributed by atoms with Crippen molar-refractivity contribution in [3.05, 3.63) is 47.3 Å². The van der Waals surface area contributed by atoms with Crippen molar-refractivity contribution < 1.29 is 0 Å². The fraction of sp³-hybridized carbons (Fsp3) is 0.353. The second-order valence-corrected chi connectivity index (χ2v) is 5.50. The first-order chi connectivity index (χ1) is 10.6. The van der Waals surface area contributed by atoms with Crippen molar-refractivity contribution in [1.82, 2.24) is 19.4 Å². The first-order valence-electron chi connectivity index (χ1n) is 7.64. The average Bonchev–Trinajstić information content (AvgIpc) is 2.87. The Hall–Kier alpha value is -2.27. The predicted octanol–water partition coefficient (Wildman–Crippen LogP) is 2.47. The molecule has 5 heteroatoms. The molecule has 0 saturated carbocycles. The van der Waals surface area contributed by atoms with Gasteiger partial charge in [-0.25, -0.2) is 4.98 Å². The zero-order valence-electron chi connectivity index (χ0n) is 13.3. The molecule has 0 radical (unpaired) electrons. The molecule has 0 amide bonds. The van der Waals surface area contributed by atoms with Crippen molar-refractivity contribution in [2.45, 2.75) is 33.6 Å². The van der Waals surface area contributed by atoms with Gasteiger partial charge in [0.15, 0.2) is 5.65 Å². The van der Waals surface area contributed by atoms with Crippen LogP contribution in [0.4, 0.5) is 0 Å². The number of hydrogen-bond donors (Lipinski definition) is 1. The molecular weight excluding hydrogens is 274 g/mol. The average molecular weight is 295 g/mol. The smallest absolute Gasteiger partial charge is 0.159 e. The second-order valence-electron chi connectivity index (χ2n) is 5.50. The van der Waals surface area contributed by atoms with E-state index in [1.165, 1.54) is 0 Å². The first-order valence-corrected chi connectivity index (χ1v) is 7.64. The van der Waals surface area contributed by atoms with Gasteiger partial charge in [-0.1, -0.05) is 6.92 Å². The van der Waals surface area contributed by atoms with E-state index in [4.69, 9.17) is 10.7 Å². The summed E-state index contributed by atoms with van der Waals surface area (Å²) < 4.78 is 2.14. The van der Waals surface area contributed by atoms with Gasteiger partial charge in [0, 0.05) is 30.1 Å². The number of imidazole rings is 1. The van der Waals surface area contributed by atoms with Gasteiger partial charge in [0.05, 0.1) is 22.8 Å². The molecule has 3 rings (SSSR count). The van der Waals surface area contributed by atoms with E-state index >= 15 is 0 Å². The van der Waals surface area contributed by atoms with Gasteiger partial charge in [-0.15, -0.1) is 0 Å². The molecule has 0 bridgehead atoms. The molecule has 0 aliphatic heterocycles. The Kier molecular flexibility index (Phi) is 3.90. The lowest BCUT2D eigenvalue weighted by molar-refractivity contribution is 0.923. The van der Waals surface area contributed by atoms with Crippen LogP contribution in [0.15, 0.2) is 24.5 Å². The van der Waals surface area contributed by atoms with E-state index in [2.05, 4.69) is 27.4 Å². The Morgan fingerprint density at radius 1 is 1.18 bits per heavy atom. The van der Waals surface area contributed by atoms with Crippen molar-refractivity contribution in [2.75, 3.05) is 6.54 Å². The number of fused-ring (bicyclic) bond motifs is 1. The fourth-order valence-electron chi connectivity index (χ4n) is 2.80. The summed E-state index contributed by atoms with van der Waals surface area (Å²) in [4.78, 5) is 13.8. The van der Waals surface area contributed by atoms with Crippen LogP contribution < -0.4 is 5.73 Å². The van der Waals surface area contributed by atoms with Crippen LogP contribution in [0.1, 0.15) is 29.7 Å². The highest BCUT2D eigenvalue weighted by Gasteiger charge is 2.15. The van der Waals surface area contributed by atoms with Crippen molar-refractivity contribution in [3.63, 3.8) is 0 Å². The SMILES string of the molecule is CCc1nc2c(C)nc(C)cn2c1-c1ccc(CCN)nc1. The van der Waals surface area contributed by atoms with Crippen LogP contribution in [0.3, 0.4) is 0 Å². The Morgan fingerprint density at radius 2 is 2.00 bits per heavy atom. The summed E-state index contributed by atoms with van der Waals surface area (Å²) in [6.07, 6.45) is 5.63. The van der Waals surface area contributed by atoms with Gasteiger partial charge in [0.25, 0.3) is 0 Å². The van der Waals surface area contributed by atoms with Crippen molar-refractivity contribution >= 4 is 5.65 Å². The summed E-state index contributed by atoms with van der Waals surface area (Å²) in [5, 5.41) is 0. The van der Waals surface area contributed by atoms with Gasteiger partial charge in [-0.3, -0.25) is 14.4 Å². The van der Waals surface area contributed by atoms with E-state index in [9.17, 15) is 0 Å². The van der Waals surface area contributed by atoms with E-state index in [0.29, 0.717) is 6.54 Å². The number of pyridine rings is 1. The maximum atomic E-state index is 5.59. The molecule has 0 fully saturated rings. The Bertz CT molecular complexity index is 802.